The van der Waals surface area contributed by atoms with Crippen LogP contribution >= 0.6 is 15.9 Å². The summed E-state index contributed by atoms with van der Waals surface area (Å²) < 4.78 is 13.8. The standard InChI is InChI=1S/C14H22BrFN2/c1-14(2,3)18-8-4-7-17-10-11-5-6-12(15)13(16)9-11/h5-6,9,17-18H,4,7-8,10H2,1-3H3. The molecule has 0 heterocycles. The topological polar surface area (TPSA) is 24.1 Å². The second-order valence-corrected chi connectivity index (χ2v) is 6.31. The summed E-state index contributed by atoms with van der Waals surface area (Å²) in [6.45, 7) is 9.10. The van der Waals surface area contributed by atoms with Crippen LogP contribution in [0.3, 0.4) is 0 Å². The van der Waals surface area contributed by atoms with Crippen molar-refractivity contribution in [3.05, 3.63) is 34.1 Å². The van der Waals surface area contributed by atoms with Crippen LogP contribution in [0.4, 0.5) is 4.39 Å². The first-order valence-corrected chi connectivity index (χ1v) is 7.07. The van der Waals surface area contributed by atoms with E-state index in [1.165, 1.54) is 0 Å². The van der Waals surface area contributed by atoms with Gasteiger partial charge in [0.15, 0.2) is 0 Å². The van der Waals surface area contributed by atoms with Gasteiger partial charge in [0.25, 0.3) is 0 Å². The van der Waals surface area contributed by atoms with Crippen molar-refractivity contribution in [3.63, 3.8) is 0 Å². The van der Waals surface area contributed by atoms with Crippen LogP contribution in [0, 0.1) is 5.82 Å². The van der Waals surface area contributed by atoms with E-state index in [1.54, 1.807) is 12.1 Å². The molecule has 1 rings (SSSR count). The summed E-state index contributed by atoms with van der Waals surface area (Å²) >= 11 is 3.15. The van der Waals surface area contributed by atoms with Gasteiger partial charge in [-0.05, 0) is 73.9 Å². The number of halogens is 2. The molecule has 2 N–H and O–H groups in total. The molecule has 0 aliphatic carbocycles. The molecule has 0 aliphatic heterocycles. The van der Waals surface area contributed by atoms with Crippen LogP contribution in [0.2, 0.25) is 0 Å². The van der Waals surface area contributed by atoms with Gasteiger partial charge < -0.3 is 10.6 Å². The van der Waals surface area contributed by atoms with Crippen LogP contribution in [0.5, 0.6) is 0 Å². The lowest BCUT2D eigenvalue weighted by atomic mass is 10.1. The fraction of sp³-hybridized carbons (Fsp3) is 0.571. The summed E-state index contributed by atoms with van der Waals surface area (Å²) in [5, 5.41) is 6.74. The van der Waals surface area contributed by atoms with Gasteiger partial charge in [0.2, 0.25) is 0 Å². The molecule has 0 amide bonds. The molecule has 0 atom stereocenters. The van der Waals surface area contributed by atoms with Crippen molar-refractivity contribution in [2.45, 2.75) is 39.3 Å². The molecule has 102 valence electrons. The van der Waals surface area contributed by atoms with Crippen LogP contribution in [-0.4, -0.2) is 18.6 Å². The second-order valence-electron chi connectivity index (χ2n) is 5.46. The Morgan fingerprint density at radius 3 is 2.56 bits per heavy atom. The van der Waals surface area contributed by atoms with Gasteiger partial charge in [-0.1, -0.05) is 6.07 Å². The van der Waals surface area contributed by atoms with Crippen LogP contribution in [0.15, 0.2) is 22.7 Å². The second kappa shape index (κ2) is 7.22. The van der Waals surface area contributed by atoms with Crippen molar-refractivity contribution in [1.29, 1.82) is 0 Å². The molecule has 0 fully saturated rings. The lowest BCUT2D eigenvalue weighted by molar-refractivity contribution is 0.418. The molecule has 18 heavy (non-hydrogen) atoms. The van der Waals surface area contributed by atoms with Crippen molar-refractivity contribution in [2.24, 2.45) is 0 Å². The van der Waals surface area contributed by atoms with Gasteiger partial charge in [0, 0.05) is 12.1 Å². The molecule has 0 saturated carbocycles. The summed E-state index contributed by atoms with van der Waals surface area (Å²) in [6.07, 6.45) is 1.07. The Labute approximate surface area is 117 Å². The average molecular weight is 317 g/mol. The fourth-order valence-corrected chi connectivity index (χ4v) is 1.81. The summed E-state index contributed by atoms with van der Waals surface area (Å²) in [6, 6.07) is 5.23. The molecule has 1 aromatic rings. The van der Waals surface area contributed by atoms with Crippen LogP contribution in [0.25, 0.3) is 0 Å². The Morgan fingerprint density at radius 2 is 1.94 bits per heavy atom. The van der Waals surface area contributed by atoms with Gasteiger partial charge in [-0.3, -0.25) is 0 Å². The van der Waals surface area contributed by atoms with E-state index in [0.717, 1.165) is 25.1 Å². The zero-order valence-corrected chi connectivity index (χ0v) is 12.9. The predicted molar refractivity (Wildman–Crippen MR) is 78.2 cm³/mol. The molecule has 0 unspecified atom stereocenters. The largest absolute Gasteiger partial charge is 0.313 e. The highest BCUT2D eigenvalue weighted by molar-refractivity contribution is 9.10. The zero-order valence-electron chi connectivity index (χ0n) is 11.3. The third-order valence-electron chi connectivity index (χ3n) is 2.50. The number of nitrogens with one attached hydrogen (secondary N) is 2. The van der Waals surface area contributed by atoms with Gasteiger partial charge >= 0.3 is 0 Å². The highest BCUT2D eigenvalue weighted by atomic mass is 79.9. The van der Waals surface area contributed by atoms with Crippen LogP contribution < -0.4 is 10.6 Å². The maximum absolute atomic E-state index is 13.3. The summed E-state index contributed by atoms with van der Waals surface area (Å²) in [7, 11) is 0. The van der Waals surface area contributed by atoms with E-state index in [9.17, 15) is 4.39 Å². The Kier molecular flexibility index (Phi) is 6.26. The minimum atomic E-state index is -0.205. The molecule has 0 saturated heterocycles. The molecule has 1 aromatic carbocycles. The van der Waals surface area contributed by atoms with E-state index in [0.29, 0.717) is 11.0 Å². The molecule has 2 nitrogen and oxygen atoms in total. The molecule has 0 spiro atoms. The molecule has 0 aromatic heterocycles. The van der Waals surface area contributed by atoms with Gasteiger partial charge in [0.05, 0.1) is 4.47 Å². The molecule has 4 heteroatoms. The molecule has 0 aliphatic rings. The fourth-order valence-electron chi connectivity index (χ4n) is 1.56. The normalized spacial score (nSPS) is 11.8. The van der Waals surface area contributed by atoms with Crippen LogP contribution in [0.1, 0.15) is 32.8 Å². The molecular weight excluding hydrogens is 295 g/mol. The summed E-state index contributed by atoms with van der Waals surface area (Å²) in [4.78, 5) is 0. The van der Waals surface area contributed by atoms with Gasteiger partial charge in [-0.2, -0.15) is 0 Å². The number of hydrogen-bond donors (Lipinski definition) is 2. The minimum absolute atomic E-state index is 0.175. The predicted octanol–water partition coefficient (Wildman–Crippen LogP) is 3.46. The lowest BCUT2D eigenvalue weighted by Gasteiger charge is -2.20. The monoisotopic (exact) mass is 316 g/mol. The summed E-state index contributed by atoms with van der Waals surface area (Å²) in [5.74, 6) is -0.205. The SMILES string of the molecule is CC(C)(C)NCCCNCc1ccc(Br)c(F)c1. The highest BCUT2D eigenvalue weighted by Gasteiger charge is 2.06. The molecular formula is C14H22BrFN2. The van der Waals surface area contributed by atoms with Gasteiger partial charge in [0.1, 0.15) is 5.82 Å². The maximum atomic E-state index is 13.3. The molecule has 0 radical (unpaired) electrons. The van der Waals surface area contributed by atoms with Crippen molar-refractivity contribution >= 4 is 15.9 Å². The van der Waals surface area contributed by atoms with Crippen molar-refractivity contribution in [3.8, 4) is 0 Å². The third-order valence-corrected chi connectivity index (χ3v) is 3.14. The average Bonchev–Trinajstić information content (AvgIpc) is 2.26. The lowest BCUT2D eigenvalue weighted by Crippen LogP contribution is -2.37. The van der Waals surface area contributed by atoms with E-state index in [1.807, 2.05) is 6.07 Å². The molecule has 0 bridgehead atoms. The van der Waals surface area contributed by atoms with Gasteiger partial charge in [-0.15, -0.1) is 0 Å². The zero-order chi connectivity index (χ0) is 13.6. The van der Waals surface area contributed by atoms with E-state index in [4.69, 9.17) is 0 Å². The Morgan fingerprint density at radius 1 is 1.22 bits per heavy atom. The van der Waals surface area contributed by atoms with Crippen molar-refractivity contribution in [2.75, 3.05) is 13.1 Å². The van der Waals surface area contributed by atoms with Crippen LogP contribution in [-0.2, 0) is 6.54 Å². The van der Waals surface area contributed by atoms with E-state index in [-0.39, 0.29) is 11.4 Å². The Bertz CT molecular complexity index is 375. The third kappa shape index (κ3) is 6.47. The quantitative estimate of drug-likeness (QED) is 0.785. The Hall–Kier alpha value is -0.450. The van der Waals surface area contributed by atoms with E-state index in [2.05, 4.69) is 47.3 Å². The maximum Gasteiger partial charge on any atom is 0.137 e. The summed E-state index contributed by atoms with van der Waals surface area (Å²) in [5.41, 5.74) is 1.15. The first kappa shape index (κ1) is 15.6. The number of benzene rings is 1. The highest BCUT2D eigenvalue weighted by Crippen LogP contribution is 2.16. The number of rotatable bonds is 6. The smallest absolute Gasteiger partial charge is 0.137 e. The van der Waals surface area contributed by atoms with E-state index < -0.39 is 0 Å². The first-order valence-electron chi connectivity index (χ1n) is 6.28. The van der Waals surface area contributed by atoms with Crippen molar-refractivity contribution < 1.29 is 4.39 Å². The van der Waals surface area contributed by atoms with Crippen molar-refractivity contribution in [1.82, 2.24) is 10.6 Å². The Balaban J connectivity index is 2.16. The first-order chi connectivity index (χ1) is 8.38. The van der Waals surface area contributed by atoms with E-state index >= 15 is 0 Å². The minimum Gasteiger partial charge on any atom is -0.313 e. The van der Waals surface area contributed by atoms with Gasteiger partial charge in [-0.25, -0.2) is 4.39 Å². The number of hydrogen-bond acceptors (Lipinski definition) is 2.